The van der Waals surface area contributed by atoms with Gasteiger partial charge in [-0.15, -0.1) is 0 Å². The lowest BCUT2D eigenvalue weighted by Crippen LogP contribution is -2.60. The summed E-state index contributed by atoms with van der Waals surface area (Å²) >= 11 is 0. The van der Waals surface area contributed by atoms with Gasteiger partial charge in [-0.1, -0.05) is 0 Å². The van der Waals surface area contributed by atoms with E-state index in [1.165, 1.54) is 45.4 Å². The van der Waals surface area contributed by atoms with E-state index in [1.807, 2.05) is 0 Å². The number of hydrogen-bond donors (Lipinski definition) is 9. The number of aliphatic hydroxyl groups is 7. The molecule has 0 aliphatic carbocycles. The molecule has 0 saturated carbocycles. The van der Waals surface area contributed by atoms with E-state index in [1.54, 1.807) is 0 Å². The summed E-state index contributed by atoms with van der Waals surface area (Å²) in [7, 11) is 2.63. The van der Waals surface area contributed by atoms with Crippen molar-refractivity contribution in [3.8, 4) is 45.8 Å². The SMILES string of the molecule is COc1cc(-c2[o+]c3cc(O)cc(O[C@@H]4O[C@H](CO)[C@@H](O)[C@H](O)[C@H]4O)c3cc2O[C@@H]2O[C@@H](C)[C@H](O)[C@@H](O)[C@H]2O)cc(OC)c1O. The highest BCUT2D eigenvalue weighted by molar-refractivity contribution is 5.89. The molecule has 16 heteroatoms. The Labute approximate surface area is 255 Å². The smallest absolute Gasteiger partial charge is 0.402 e. The molecule has 3 aromatic rings. The summed E-state index contributed by atoms with van der Waals surface area (Å²) < 4.78 is 39.5. The van der Waals surface area contributed by atoms with Crippen LogP contribution in [0.1, 0.15) is 6.92 Å². The molecule has 2 aliphatic rings. The second-order valence-electron chi connectivity index (χ2n) is 10.6. The first kappa shape index (κ1) is 32.7. The summed E-state index contributed by atoms with van der Waals surface area (Å²) in [4.78, 5) is 0. The monoisotopic (exact) mass is 639 g/mol. The maximum absolute atomic E-state index is 10.7. The normalized spacial score (nSPS) is 31.9. The van der Waals surface area contributed by atoms with Crippen molar-refractivity contribution in [2.45, 2.75) is 68.3 Å². The molecule has 0 radical (unpaired) electrons. The van der Waals surface area contributed by atoms with Gasteiger partial charge in [0.1, 0.15) is 59.6 Å². The van der Waals surface area contributed by atoms with Crippen LogP contribution in [0, 0.1) is 0 Å². The van der Waals surface area contributed by atoms with Crippen LogP contribution in [0.25, 0.3) is 22.3 Å². The summed E-state index contributed by atoms with van der Waals surface area (Å²) in [6.45, 7) is 0.761. The molecule has 1 aromatic heterocycles. The summed E-state index contributed by atoms with van der Waals surface area (Å²) in [5.41, 5.74) is 0.203. The first-order valence-corrected chi connectivity index (χ1v) is 13.8. The molecule has 0 unspecified atom stereocenters. The van der Waals surface area contributed by atoms with E-state index in [0.29, 0.717) is 0 Å². The van der Waals surface area contributed by atoms with Crippen molar-refractivity contribution in [1.82, 2.24) is 0 Å². The zero-order valence-electron chi connectivity index (χ0n) is 24.3. The van der Waals surface area contributed by atoms with Crippen molar-refractivity contribution < 1.29 is 78.8 Å². The molecule has 2 aromatic carbocycles. The van der Waals surface area contributed by atoms with Gasteiger partial charge < -0.3 is 74.4 Å². The summed E-state index contributed by atoms with van der Waals surface area (Å²) in [5, 5.41) is 92.7. The van der Waals surface area contributed by atoms with Gasteiger partial charge in [0.05, 0.1) is 38.6 Å². The van der Waals surface area contributed by atoms with Gasteiger partial charge in [-0.3, -0.25) is 0 Å². The molecule has 0 spiro atoms. The number of phenolic OH excluding ortho intramolecular Hbond substituents is 2. The first-order chi connectivity index (χ1) is 21.4. The average Bonchev–Trinajstić information content (AvgIpc) is 3.02. The Morgan fingerprint density at radius 3 is 1.87 bits per heavy atom. The Kier molecular flexibility index (Phi) is 9.41. The average molecular weight is 640 g/mol. The van der Waals surface area contributed by atoms with E-state index in [2.05, 4.69) is 0 Å². The minimum Gasteiger partial charge on any atom is -0.507 e. The van der Waals surface area contributed by atoms with Gasteiger partial charge in [0.25, 0.3) is 0 Å². The summed E-state index contributed by atoms with van der Waals surface area (Å²) in [6.07, 6.45) is -15.3. The first-order valence-electron chi connectivity index (χ1n) is 13.8. The van der Waals surface area contributed by atoms with Gasteiger partial charge in [-0.2, -0.15) is 0 Å². The number of hydrogen-bond acceptors (Lipinski definition) is 15. The number of aromatic hydroxyl groups is 2. The molecular weight excluding hydrogens is 604 g/mol. The van der Waals surface area contributed by atoms with Gasteiger partial charge in [0.15, 0.2) is 11.5 Å². The molecule has 16 nitrogen and oxygen atoms in total. The molecule has 2 fully saturated rings. The summed E-state index contributed by atoms with van der Waals surface area (Å²) in [6, 6.07) is 6.51. The van der Waals surface area contributed by atoms with Gasteiger partial charge in [-0.05, 0) is 6.92 Å². The van der Waals surface area contributed by atoms with Crippen LogP contribution in [-0.2, 0) is 9.47 Å². The number of ether oxygens (including phenoxy) is 6. The van der Waals surface area contributed by atoms with Crippen molar-refractivity contribution in [1.29, 1.82) is 0 Å². The van der Waals surface area contributed by atoms with Crippen molar-refractivity contribution in [3.05, 3.63) is 30.3 Å². The fourth-order valence-electron chi connectivity index (χ4n) is 5.11. The van der Waals surface area contributed by atoms with E-state index >= 15 is 0 Å². The van der Waals surface area contributed by atoms with Gasteiger partial charge in [0, 0.05) is 24.3 Å². The second kappa shape index (κ2) is 13.0. The van der Waals surface area contributed by atoms with Crippen LogP contribution in [0.2, 0.25) is 0 Å². The van der Waals surface area contributed by atoms with E-state index in [9.17, 15) is 46.0 Å². The minimum atomic E-state index is -1.77. The van der Waals surface area contributed by atoms with Crippen molar-refractivity contribution in [3.63, 3.8) is 0 Å². The highest BCUT2D eigenvalue weighted by Crippen LogP contribution is 2.46. The molecule has 0 bridgehead atoms. The second-order valence-corrected chi connectivity index (χ2v) is 10.6. The lowest BCUT2D eigenvalue weighted by atomic mass is 9.99. The lowest BCUT2D eigenvalue weighted by molar-refractivity contribution is -0.277. The topological polar surface area (TPSA) is 249 Å². The van der Waals surface area contributed by atoms with Crippen LogP contribution in [0.15, 0.2) is 34.7 Å². The van der Waals surface area contributed by atoms with Crippen LogP contribution < -0.4 is 18.9 Å². The molecule has 0 amide bonds. The molecule has 2 saturated heterocycles. The molecule has 5 rings (SSSR count). The van der Waals surface area contributed by atoms with Crippen LogP contribution in [-0.4, -0.2) is 128 Å². The van der Waals surface area contributed by atoms with Gasteiger partial charge in [0.2, 0.25) is 24.1 Å². The van der Waals surface area contributed by atoms with E-state index in [4.69, 9.17) is 32.8 Å². The molecule has 9 N–H and O–H groups in total. The Morgan fingerprint density at radius 2 is 1.27 bits per heavy atom. The van der Waals surface area contributed by atoms with E-state index < -0.39 is 68.0 Å². The lowest BCUT2D eigenvalue weighted by Gasteiger charge is -2.39. The van der Waals surface area contributed by atoms with E-state index in [0.717, 1.165) is 6.07 Å². The summed E-state index contributed by atoms with van der Waals surface area (Å²) in [5.74, 6) is -1.04. The van der Waals surface area contributed by atoms with Crippen LogP contribution in [0.5, 0.6) is 34.5 Å². The maximum Gasteiger partial charge on any atom is 0.402 e. The highest BCUT2D eigenvalue weighted by atomic mass is 16.7. The van der Waals surface area contributed by atoms with Crippen molar-refractivity contribution in [2.24, 2.45) is 0 Å². The van der Waals surface area contributed by atoms with Crippen LogP contribution in [0.3, 0.4) is 0 Å². The number of aliphatic hydroxyl groups excluding tert-OH is 7. The largest absolute Gasteiger partial charge is 0.507 e. The third kappa shape index (κ3) is 6.11. The predicted molar refractivity (Wildman–Crippen MR) is 150 cm³/mol. The molecule has 45 heavy (non-hydrogen) atoms. The van der Waals surface area contributed by atoms with Crippen LogP contribution >= 0.6 is 0 Å². The predicted octanol–water partition coefficient (Wildman–Crippen LogP) is -0.806. The molecule has 246 valence electrons. The number of fused-ring (bicyclic) bond motifs is 1. The molecular formula is C29H35O16+. The third-order valence-electron chi connectivity index (χ3n) is 7.69. The molecule has 3 heterocycles. The Balaban J connectivity index is 1.65. The van der Waals surface area contributed by atoms with Crippen molar-refractivity contribution in [2.75, 3.05) is 20.8 Å². The molecule has 10 atom stereocenters. The number of benzene rings is 2. The van der Waals surface area contributed by atoms with Gasteiger partial charge in [-0.25, -0.2) is 4.42 Å². The fourth-order valence-corrected chi connectivity index (χ4v) is 5.11. The standard InChI is InChI=1S/C29H34O16/c1-10-20(32)23(35)25(37)28(41-10)44-18-8-13-14(42-27(18)11-4-16(39-2)21(33)17(5-11)40-3)6-12(31)7-15(13)43-29-26(38)24(36)22(34)19(9-30)45-29/h4-8,10,19-20,22-26,28-30,32,34-38H,9H2,1-3H3,(H-,31,33)/p+1/t10-,19+,20-,22+,23+,24-,25+,26+,28-,29+/m0/s1. The quantitative estimate of drug-likeness (QED) is 0.137. The third-order valence-corrected chi connectivity index (χ3v) is 7.69. The number of phenols is 2. The Bertz CT molecular complexity index is 1490. The highest BCUT2D eigenvalue weighted by Gasteiger charge is 2.46. The fraction of sp³-hybridized carbons (Fsp3) is 0.483. The molecule has 2 aliphatic heterocycles. The zero-order chi connectivity index (χ0) is 32.7. The zero-order valence-corrected chi connectivity index (χ0v) is 24.3. The van der Waals surface area contributed by atoms with Crippen molar-refractivity contribution >= 4 is 11.0 Å². The Hall–Kier alpha value is -3.71. The maximum atomic E-state index is 10.7. The minimum absolute atomic E-state index is 0.00531. The van der Waals surface area contributed by atoms with Gasteiger partial charge >= 0.3 is 11.3 Å². The number of methoxy groups -OCH3 is 2. The van der Waals surface area contributed by atoms with Crippen LogP contribution in [0.4, 0.5) is 0 Å². The van der Waals surface area contributed by atoms with E-state index in [-0.39, 0.29) is 56.8 Å². The Morgan fingerprint density at radius 1 is 0.689 bits per heavy atom. The number of rotatable bonds is 8.